The summed E-state index contributed by atoms with van der Waals surface area (Å²) in [4.78, 5) is 40.0. The SMILES string of the molecule is COCCCC(=O)N1CCC(n2c(CCC(=O)c3nc(Cl)c(N)nc3N)nc3ccccc32)CC1. The standard InChI is InChI=1S/C24H30ClN7O3/c1-35-14-4-7-20(34)31-12-10-15(11-13-31)32-17-6-3-2-5-16(17)28-19(32)9-8-18(33)21-23(26)30-24(27)22(25)29-21/h2-3,5-6,15H,4,7-14H2,1H3,(H4,26,27,30). The number of ketones is 1. The minimum Gasteiger partial charge on any atom is -0.385 e. The minimum atomic E-state index is -0.271. The Labute approximate surface area is 208 Å². The summed E-state index contributed by atoms with van der Waals surface area (Å²) in [6.07, 6.45) is 3.44. The summed E-state index contributed by atoms with van der Waals surface area (Å²) in [5.74, 6) is 0.672. The second kappa shape index (κ2) is 11.0. The monoisotopic (exact) mass is 499 g/mol. The first-order valence-electron chi connectivity index (χ1n) is 11.7. The largest absolute Gasteiger partial charge is 0.385 e. The van der Waals surface area contributed by atoms with Gasteiger partial charge in [0, 0.05) is 52.1 Å². The third-order valence-corrected chi connectivity index (χ3v) is 6.61. The third-order valence-electron chi connectivity index (χ3n) is 6.33. The van der Waals surface area contributed by atoms with Gasteiger partial charge >= 0.3 is 0 Å². The number of halogens is 1. The summed E-state index contributed by atoms with van der Waals surface area (Å²) in [6.45, 7) is 1.97. The van der Waals surface area contributed by atoms with Crippen molar-refractivity contribution in [3.63, 3.8) is 0 Å². The highest BCUT2D eigenvalue weighted by Gasteiger charge is 2.27. The van der Waals surface area contributed by atoms with Gasteiger partial charge in [0.1, 0.15) is 11.5 Å². The van der Waals surface area contributed by atoms with E-state index in [0.717, 1.165) is 36.1 Å². The zero-order chi connectivity index (χ0) is 24.9. The molecule has 11 heteroatoms. The molecular formula is C24H30ClN7O3. The molecule has 186 valence electrons. The molecule has 0 saturated carbocycles. The molecule has 4 rings (SSSR count). The van der Waals surface area contributed by atoms with Gasteiger partial charge in [0.2, 0.25) is 5.91 Å². The van der Waals surface area contributed by atoms with E-state index in [1.165, 1.54) is 0 Å². The van der Waals surface area contributed by atoms with Crippen LogP contribution in [-0.4, -0.2) is 62.9 Å². The lowest BCUT2D eigenvalue weighted by atomic mass is 10.0. The Hall–Kier alpha value is -3.24. The highest BCUT2D eigenvalue weighted by Crippen LogP contribution is 2.30. The number of fused-ring (bicyclic) bond motifs is 1. The number of piperidine rings is 1. The van der Waals surface area contributed by atoms with Crippen LogP contribution in [0.15, 0.2) is 24.3 Å². The van der Waals surface area contributed by atoms with E-state index in [-0.39, 0.29) is 46.6 Å². The quantitative estimate of drug-likeness (QED) is 0.338. The maximum atomic E-state index is 12.9. The lowest BCUT2D eigenvalue weighted by molar-refractivity contribution is -0.132. The second-order valence-corrected chi connectivity index (χ2v) is 9.01. The molecule has 2 aromatic heterocycles. The van der Waals surface area contributed by atoms with E-state index < -0.39 is 0 Å². The number of amides is 1. The number of ether oxygens (including phenoxy) is 1. The smallest absolute Gasteiger partial charge is 0.222 e. The van der Waals surface area contributed by atoms with Crippen molar-refractivity contribution in [2.75, 3.05) is 38.3 Å². The van der Waals surface area contributed by atoms with Crippen LogP contribution in [0.2, 0.25) is 5.15 Å². The third kappa shape index (κ3) is 5.54. The van der Waals surface area contributed by atoms with E-state index in [2.05, 4.69) is 14.5 Å². The average molecular weight is 500 g/mol. The van der Waals surface area contributed by atoms with Crippen molar-refractivity contribution in [3.05, 3.63) is 40.9 Å². The molecule has 4 N–H and O–H groups in total. The van der Waals surface area contributed by atoms with Gasteiger partial charge in [-0.1, -0.05) is 23.7 Å². The number of anilines is 2. The number of nitrogens with two attached hydrogens (primary N) is 2. The van der Waals surface area contributed by atoms with Crippen LogP contribution in [0, 0.1) is 0 Å². The Morgan fingerprint density at radius 1 is 1.09 bits per heavy atom. The summed E-state index contributed by atoms with van der Waals surface area (Å²) in [6, 6.07) is 8.12. The zero-order valence-corrected chi connectivity index (χ0v) is 20.5. The number of benzene rings is 1. The number of aromatic nitrogens is 4. The second-order valence-electron chi connectivity index (χ2n) is 8.65. The van der Waals surface area contributed by atoms with Crippen molar-refractivity contribution in [1.82, 2.24) is 24.4 Å². The molecule has 0 spiro atoms. The van der Waals surface area contributed by atoms with E-state index in [0.29, 0.717) is 32.5 Å². The van der Waals surface area contributed by atoms with Crippen LogP contribution < -0.4 is 11.5 Å². The summed E-state index contributed by atoms with van der Waals surface area (Å²) in [5.41, 5.74) is 13.4. The molecule has 3 aromatic rings. The first-order chi connectivity index (χ1) is 16.9. The fourth-order valence-corrected chi connectivity index (χ4v) is 4.69. The molecule has 1 fully saturated rings. The average Bonchev–Trinajstić information content (AvgIpc) is 3.23. The molecule has 0 bridgehead atoms. The first kappa shape index (κ1) is 24.9. The van der Waals surface area contributed by atoms with Crippen molar-refractivity contribution in [2.45, 2.75) is 44.6 Å². The normalized spacial score (nSPS) is 14.5. The Morgan fingerprint density at radius 3 is 2.57 bits per heavy atom. The maximum Gasteiger partial charge on any atom is 0.222 e. The number of rotatable bonds is 9. The Morgan fingerprint density at radius 2 is 1.83 bits per heavy atom. The molecule has 1 aromatic carbocycles. The number of likely N-dealkylation sites (tertiary alicyclic amines) is 1. The van der Waals surface area contributed by atoms with E-state index in [9.17, 15) is 9.59 Å². The number of methoxy groups -OCH3 is 1. The number of hydrogen-bond donors (Lipinski definition) is 2. The summed E-state index contributed by atoms with van der Waals surface area (Å²) in [7, 11) is 1.64. The van der Waals surface area contributed by atoms with Gasteiger partial charge < -0.3 is 25.7 Å². The van der Waals surface area contributed by atoms with Crippen LogP contribution in [0.1, 0.15) is 54.5 Å². The fourth-order valence-electron chi connectivity index (χ4n) is 4.57. The summed E-state index contributed by atoms with van der Waals surface area (Å²) >= 11 is 5.94. The van der Waals surface area contributed by atoms with Gasteiger partial charge in [0.25, 0.3) is 0 Å². The van der Waals surface area contributed by atoms with Gasteiger partial charge in [-0.3, -0.25) is 9.59 Å². The van der Waals surface area contributed by atoms with Gasteiger partial charge in [0.05, 0.1) is 11.0 Å². The number of nitrogens with zero attached hydrogens (tertiary/aromatic N) is 5. The fraction of sp³-hybridized carbons (Fsp3) is 0.458. The van der Waals surface area contributed by atoms with Crippen molar-refractivity contribution < 1.29 is 14.3 Å². The highest BCUT2D eigenvalue weighted by atomic mass is 35.5. The predicted molar refractivity (Wildman–Crippen MR) is 134 cm³/mol. The number of hydrogen-bond acceptors (Lipinski definition) is 8. The summed E-state index contributed by atoms with van der Waals surface area (Å²) in [5, 5.41) is -0.0432. The van der Waals surface area contributed by atoms with Crippen LogP contribution in [-0.2, 0) is 16.0 Å². The maximum absolute atomic E-state index is 12.9. The van der Waals surface area contributed by atoms with Crippen LogP contribution in [0.25, 0.3) is 11.0 Å². The van der Waals surface area contributed by atoms with E-state index in [4.69, 9.17) is 32.8 Å². The van der Waals surface area contributed by atoms with Crippen molar-refractivity contribution >= 4 is 46.0 Å². The van der Waals surface area contributed by atoms with Crippen LogP contribution in [0.3, 0.4) is 0 Å². The molecular weight excluding hydrogens is 470 g/mol. The summed E-state index contributed by atoms with van der Waals surface area (Å²) < 4.78 is 7.28. The van der Waals surface area contributed by atoms with Gasteiger partial charge in [-0.05, 0) is 31.4 Å². The van der Waals surface area contributed by atoms with Crippen molar-refractivity contribution in [1.29, 1.82) is 0 Å². The predicted octanol–water partition coefficient (Wildman–Crippen LogP) is 3.05. The number of carbonyl (C=O) groups excluding carboxylic acids is 2. The number of nitrogen functional groups attached to an aromatic ring is 2. The van der Waals surface area contributed by atoms with Gasteiger partial charge in [0.15, 0.2) is 22.6 Å². The number of Topliss-reactive ketones (excluding diaryl/α,β-unsaturated/α-hetero) is 1. The Balaban J connectivity index is 1.49. The lowest BCUT2D eigenvalue weighted by Crippen LogP contribution is -2.39. The molecule has 1 saturated heterocycles. The Kier molecular flexibility index (Phi) is 7.82. The zero-order valence-electron chi connectivity index (χ0n) is 19.7. The molecule has 0 aliphatic carbocycles. The molecule has 1 aliphatic heterocycles. The molecule has 10 nitrogen and oxygen atoms in total. The van der Waals surface area contributed by atoms with Gasteiger partial charge in [-0.15, -0.1) is 0 Å². The van der Waals surface area contributed by atoms with Gasteiger partial charge in [-0.25, -0.2) is 15.0 Å². The van der Waals surface area contributed by atoms with Crippen molar-refractivity contribution in [2.24, 2.45) is 0 Å². The molecule has 0 radical (unpaired) electrons. The first-order valence-corrected chi connectivity index (χ1v) is 12.1. The van der Waals surface area contributed by atoms with Crippen molar-refractivity contribution in [3.8, 4) is 0 Å². The molecule has 1 amide bonds. The van der Waals surface area contributed by atoms with E-state index >= 15 is 0 Å². The molecule has 3 heterocycles. The molecule has 35 heavy (non-hydrogen) atoms. The minimum absolute atomic E-state index is 0.00831. The number of carbonyl (C=O) groups is 2. The van der Waals surface area contributed by atoms with Gasteiger partial charge in [-0.2, -0.15) is 0 Å². The topological polar surface area (TPSA) is 142 Å². The molecule has 0 unspecified atom stereocenters. The van der Waals surface area contributed by atoms with Crippen LogP contribution >= 0.6 is 11.6 Å². The van der Waals surface area contributed by atoms with E-state index in [1.807, 2.05) is 29.2 Å². The Bertz CT molecular complexity index is 1220. The van der Waals surface area contributed by atoms with Crippen LogP contribution in [0.5, 0.6) is 0 Å². The number of para-hydroxylation sites is 2. The van der Waals surface area contributed by atoms with Crippen LogP contribution in [0.4, 0.5) is 11.6 Å². The molecule has 1 aliphatic rings. The van der Waals surface area contributed by atoms with E-state index in [1.54, 1.807) is 7.11 Å². The number of aryl methyl sites for hydroxylation is 1. The molecule has 0 atom stereocenters. The highest BCUT2D eigenvalue weighted by molar-refractivity contribution is 6.31. The lowest BCUT2D eigenvalue weighted by Gasteiger charge is -2.33. The number of imidazole rings is 1.